The zero-order valence-electron chi connectivity index (χ0n) is 16.4. The maximum Gasteiger partial charge on any atom is 0.237 e. The Hall–Kier alpha value is -1.46. The number of aryl methyl sites for hydroxylation is 1. The van der Waals surface area contributed by atoms with Crippen molar-refractivity contribution in [2.45, 2.75) is 64.5 Å². The van der Waals surface area contributed by atoms with E-state index in [9.17, 15) is 4.79 Å². The number of aromatic nitrogens is 1. The molecule has 1 saturated heterocycles. The van der Waals surface area contributed by atoms with Gasteiger partial charge in [0.05, 0.1) is 23.3 Å². The Morgan fingerprint density at radius 1 is 1.46 bits per heavy atom. The van der Waals surface area contributed by atoms with Gasteiger partial charge in [-0.1, -0.05) is 32.1 Å². The number of carbonyl (C=O) groups is 1. The smallest absolute Gasteiger partial charge is 0.237 e. The molecule has 4 nitrogen and oxygen atoms in total. The molecular weight excluding hydrogens is 342 g/mol. The van der Waals surface area contributed by atoms with Crippen molar-refractivity contribution in [3.05, 3.63) is 39.9 Å². The first-order valence-electron chi connectivity index (χ1n) is 9.74. The van der Waals surface area contributed by atoms with Crippen molar-refractivity contribution in [1.82, 2.24) is 15.2 Å². The molecule has 5 heteroatoms. The number of amides is 1. The van der Waals surface area contributed by atoms with Crippen LogP contribution in [0.3, 0.4) is 0 Å². The average Bonchev–Trinajstić information content (AvgIpc) is 3.22. The molecule has 3 unspecified atom stereocenters. The van der Waals surface area contributed by atoms with E-state index in [0.717, 1.165) is 37.9 Å². The zero-order valence-corrected chi connectivity index (χ0v) is 17.2. The molecule has 3 rings (SSSR count). The lowest BCUT2D eigenvalue weighted by Crippen LogP contribution is -2.46. The molecule has 0 aromatic carbocycles. The number of likely N-dealkylation sites (N-methyl/N-ethyl adjacent to an activating group) is 1. The SMILES string of the molecule is Cc1ncsc1C1C=CC(C(CC(C)C)NC(=O)C2CCCN2C)=CC1. The summed E-state index contributed by atoms with van der Waals surface area (Å²) in [5, 5.41) is 3.34. The average molecular weight is 374 g/mol. The van der Waals surface area contributed by atoms with Crippen LogP contribution in [0.2, 0.25) is 0 Å². The van der Waals surface area contributed by atoms with Gasteiger partial charge in [0.2, 0.25) is 5.91 Å². The van der Waals surface area contributed by atoms with E-state index in [1.54, 1.807) is 11.3 Å². The Bertz CT molecular complexity index is 691. The normalized spacial score (nSPS) is 24.7. The summed E-state index contributed by atoms with van der Waals surface area (Å²) in [6.45, 7) is 7.54. The van der Waals surface area contributed by atoms with E-state index in [0.29, 0.717) is 11.8 Å². The lowest BCUT2D eigenvalue weighted by Gasteiger charge is -2.28. The molecule has 0 saturated carbocycles. The van der Waals surface area contributed by atoms with E-state index < -0.39 is 0 Å². The Labute approximate surface area is 161 Å². The second-order valence-corrected chi connectivity index (χ2v) is 8.92. The van der Waals surface area contributed by atoms with E-state index in [2.05, 4.69) is 61.2 Å². The minimum atomic E-state index is 0.0328. The summed E-state index contributed by atoms with van der Waals surface area (Å²) in [5.74, 6) is 1.14. The summed E-state index contributed by atoms with van der Waals surface area (Å²) in [4.78, 5) is 20.7. The molecule has 3 atom stereocenters. The van der Waals surface area contributed by atoms with E-state index in [1.807, 2.05) is 5.51 Å². The third-order valence-electron chi connectivity index (χ3n) is 5.50. The summed E-state index contributed by atoms with van der Waals surface area (Å²) in [5.41, 5.74) is 4.32. The van der Waals surface area contributed by atoms with Crippen molar-refractivity contribution in [3.8, 4) is 0 Å². The molecule has 0 radical (unpaired) electrons. The van der Waals surface area contributed by atoms with Crippen LogP contribution in [0.5, 0.6) is 0 Å². The van der Waals surface area contributed by atoms with Crippen molar-refractivity contribution in [2.75, 3.05) is 13.6 Å². The first-order valence-corrected chi connectivity index (χ1v) is 10.6. The standard InChI is InChI=1S/C21H31N3OS/c1-14(2)12-18(23-21(25)19-6-5-11-24(19)4)16-7-9-17(10-8-16)20-15(3)22-13-26-20/h7-9,13-14,17-19H,5-6,10-12H2,1-4H3,(H,23,25). The molecule has 0 bridgehead atoms. The van der Waals surface area contributed by atoms with Crippen LogP contribution in [0.1, 0.15) is 56.0 Å². The number of thiazole rings is 1. The molecule has 1 fully saturated rings. The van der Waals surface area contributed by atoms with Crippen molar-refractivity contribution in [1.29, 1.82) is 0 Å². The molecule has 1 aliphatic heterocycles. The molecule has 142 valence electrons. The molecule has 2 heterocycles. The Balaban J connectivity index is 1.68. The molecular formula is C21H31N3OS. The Kier molecular flexibility index (Phi) is 6.30. The number of nitrogens with zero attached hydrogens (tertiary/aromatic N) is 2. The van der Waals surface area contributed by atoms with Gasteiger partial charge in [-0.15, -0.1) is 11.3 Å². The lowest BCUT2D eigenvalue weighted by atomic mass is 9.88. The second-order valence-electron chi connectivity index (χ2n) is 8.04. The topological polar surface area (TPSA) is 45.2 Å². The molecule has 1 aromatic heterocycles. The molecule has 0 spiro atoms. The third-order valence-corrected chi connectivity index (χ3v) is 6.56. The fraction of sp³-hybridized carbons (Fsp3) is 0.619. The van der Waals surface area contributed by atoms with Crippen molar-refractivity contribution in [3.63, 3.8) is 0 Å². The predicted molar refractivity (Wildman–Crippen MR) is 108 cm³/mol. The molecule has 26 heavy (non-hydrogen) atoms. The Morgan fingerprint density at radius 2 is 2.27 bits per heavy atom. The summed E-state index contributed by atoms with van der Waals surface area (Å²) < 4.78 is 0. The second kappa shape index (κ2) is 8.49. The van der Waals surface area contributed by atoms with Crippen molar-refractivity contribution < 1.29 is 4.79 Å². The van der Waals surface area contributed by atoms with Gasteiger partial charge in [-0.2, -0.15) is 0 Å². The number of rotatable bonds is 6. The number of hydrogen-bond donors (Lipinski definition) is 1. The number of nitrogens with one attached hydrogen (secondary N) is 1. The van der Waals surface area contributed by atoms with Gasteiger partial charge in [0, 0.05) is 10.8 Å². The highest BCUT2D eigenvalue weighted by Gasteiger charge is 2.30. The van der Waals surface area contributed by atoms with Gasteiger partial charge in [-0.25, -0.2) is 4.98 Å². The van der Waals surface area contributed by atoms with Gasteiger partial charge < -0.3 is 5.32 Å². The first kappa shape index (κ1) is 19.3. The number of likely N-dealkylation sites (tertiary alicyclic amines) is 1. The van der Waals surface area contributed by atoms with E-state index in [-0.39, 0.29) is 18.0 Å². The molecule has 1 aliphatic carbocycles. The first-order chi connectivity index (χ1) is 12.5. The van der Waals surface area contributed by atoms with Crippen LogP contribution in [-0.4, -0.2) is 41.5 Å². The Morgan fingerprint density at radius 3 is 2.81 bits per heavy atom. The summed E-state index contributed by atoms with van der Waals surface area (Å²) in [6.07, 6.45) is 10.9. The predicted octanol–water partition coefficient (Wildman–Crippen LogP) is 4.05. The highest BCUT2D eigenvalue weighted by atomic mass is 32.1. The summed E-state index contributed by atoms with van der Waals surface area (Å²) in [6, 6.07) is 0.140. The third kappa shape index (κ3) is 4.44. The molecule has 2 aliphatic rings. The van der Waals surface area contributed by atoms with Crippen LogP contribution in [0.4, 0.5) is 0 Å². The number of allylic oxidation sites excluding steroid dienone is 2. The maximum atomic E-state index is 12.8. The maximum absolute atomic E-state index is 12.8. The van der Waals surface area contributed by atoms with Crippen molar-refractivity contribution >= 4 is 17.2 Å². The van der Waals surface area contributed by atoms with Gasteiger partial charge in [0.25, 0.3) is 0 Å². The highest BCUT2D eigenvalue weighted by Crippen LogP contribution is 2.33. The molecule has 1 amide bonds. The highest BCUT2D eigenvalue weighted by molar-refractivity contribution is 7.09. The van der Waals surface area contributed by atoms with Crippen LogP contribution < -0.4 is 5.32 Å². The fourth-order valence-electron chi connectivity index (χ4n) is 4.02. The van der Waals surface area contributed by atoms with Gasteiger partial charge in [-0.05, 0) is 57.7 Å². The quantitative estimate of drug-likeness (QED) is 0.818. The zero-order chi connectivity index (χ0) is 18.7. The van der Waals surface area contributed by atoms with Crippen LogP contribution >= 0.6 is 11.3 Å². The van der Waals surface area contributed by atoms with E-state index >= 15 is 0 Å². The minimum Gasteiger partial charge on any atom is -0.348 e. The van der Waals surface area contributed by atoms with Gasteiger partial charge in [0.1, 0.15) is 0 Å². The van der Waals surface area contributed by atoms with E-state index in [4.69, 9.17) is 0 Å². The molecule has 1 aromatic rings. The lowest BCUT2D eigenvalue weighted by molar-refractivity contribution is -0.125. The summed E-state index contributed by atoms with van der Waals surface area (Å²) >= 11 is 1.74. The van der Waals surface area contributed by atoms with Gasteiger partial charge >= 0.3 is 0 Å². The van der Waals surface area contributed by atoms with E-state index in [1.165, 1.54) is 10.5 Å². The van der Waals surface area contributed by atoms with Crippen molar-refractivity contribution in [2.24, 2.45) is 5.92 Å². The van der Waals surface area contributed by atoms with Crippen LogP contribution in [0.15, 0.2) is 29.3 Å². The minimum absolute atomic E-state index is 0.0328. The van der Waals surface area contributed by atoms with Crippen LogP contribution in [-0.2, 0) is 4.79 Å². The van der Waals surface area contributed by atoms with Gasteiger partial charge in [0.15, 0.2) is 0 Å². The van der Waals surface area contributed by atoms with Crippen LogP contribution in [0, 0.1) is 12.8 Å². The van der Waals surface area contributed by atoms with Gasteiger partial charge in [-0.3, -0.25) is 9.69 Å². The number of hydrogen-bond acceptors (Lipinski definition) is 4. The molecule has 1 N–H and O–H groups in total. The summed E-state index contributed by atoms with van der Waals surface area (Å²) in [7, 11) is 2.05. The fourth-order valence-corrected chi connectivity index (χ4v) is 4.91. The number of carbonyl (C=O) groups excluding carboxylic acids is 1. The largest absolute Gasteiger partial charge is 0.348 e. The monoisotopic (exact) mass is 373 g/mol. The van der Waals surface area contributed by atoms with Crippen LogP contribution in [0.25, 0.3) is 0 Å².